The minimum Gasteiger partial charge on any atom is -0.465 e. The minimum absolute atomic E-state index is 0.0603. The smallest absolute Gasteiger partial charge is 0.337 e. The van der Waals surface area contributed by atoms with Gasteiger partial charge >= 0.3 is 5.97 Å². The normalized spacial score (nSPS) is 15.2. The van der Waals surface area contributed by atoms with Crippen molar-refractivity contribution in [3.63, 3.8) is 0 Å². The van der Waals surface area contributed by atoms with Crippen molar-refractivity contribution in [3.8, 4) is 6.07 Å². The Morgan fingerprint density at radius 1 is 1.24 bits per heavy atom. The van der Waals surface area contributed by atoms with Gasteiger partial charge in [-0.3, -0.25) is 4.79 Å². The number of amides is 1. The third kappa shape index (κ3) is 4.83. The van der Waals surface area contributed by atoms with Gasteiger partial charge in [0.05, 0.1) is 12.7 Å². The van der Waals surface area contributed by atoms with E-state index in [2.05, 4.69) is 10.1 Å². The Hall–Kier alpha value is -2.81. The summed E-state index contributed by atoms with van der Waals surface area (Å²) in [6.07, 6.45) is 6.85. The molecule has 1 amide bonds. The summed E-state index contributed by atoms with van der Waals surface area (Å²) >= 11 is 0. The number of anilines is 1. The second-order valence-corrected chi connectivity index (χ2v) is 6.09. The molecule has 0 aliphatic heterocycles. The summed E-state index contributed by atoms with van der Waals surface area (Å²) in [5, 5.41) is 12.2. The number of hydrogen-bond acceptors (Lipinski definition) is 5. The quantitative estimate of drug-likeness (QED) is 0.505. The number of rotatable bonds is 5. The number of methoxy groups -OCH3 is 1. The fraction of sp³-hybridized carbons (Fsp3) is 0.421. The topological polar surface area (TPSA) is 82.4 Å². The van der Waals surface area contributed by atoms with E-state index in [1.54, 1.807) is 36.2 Å². The fourth-order valence-electron chi connectivity index (χ4n) is 2.94. The second-order valence-electron chi connectivity index (χ2n) is 6.09. The molecule has 0 radical (unpaired) electrons. The molecule has 0 bridgehead atoms. The summed E-state index contributed by atoms with van der Waals surface area (Å²) in [6.45, 7) is 0. The Kier molecular flexibility index (Phi) is 6.58. The first-order valence-electron chi connectivity index (χ1n) is 8.39. The van der Waals surface area contributed by atoms with Crippen LogP contribution in [-0.2, 0) is 9.53 Å². The number of carbonyl (C=O) groups excluding carboxylic acids is 2. The summed E-state index contributed by atoms with van der Waals surface area (Å²) in [6, 6.07) is 8.78. The molecule has 0 heterocycles. The average molecular weight is 341 g/mol. The molecule has 132 valence electrons. The third-order valence-corrected chi connectivity index (χ3v) is 4.48. The van der Waals surface area contributed by atoms with Crippen LogP contribution in [0.15, 0.2) is 36.0 Å². The molecule has 1 aliphatic carbocycles. The van der Waals surface area contributed by atoms with Gasteiger partial charge in [0.1, 0.15) is 11.6 Å². The molecule has 1 N–H and O–H groups in total. The predicted octanol–water partition coefficient (Wildman–Crippen LogP) is 3.08. The minimum atomic E-state index is -0.413. The van der Waals surface area contributed by atoms with E-state index in [9.17, 15) is 14.9 Å². The van der Waals surface area contributed by atoms with Crippen molar-refractivity contribution in [3.05, 3.63) is 41.6 Å². The van der Waals surface area contributed by atoms with Gasteiger partial charge in [-0.05, 0) is 37.1 Å². The highest BCUT2D eigenvalue weighted by Crippen LogP contribution is 2.22. The maximum atomic E-state index is 12.5. The first-order chi connectivity index (χ1) is 12.1. The number of nitriles is 1. The van der Waals surface area contributed by atoms with Crippen LogP contribution in [0.2, 0.25) is 0 Å². The van der Waals surface area contributed by atoms with Crippen LogP contribution in [0.5, 0.6) is 0 Å². The third-order valence-electron chi connectivity index (χ3n) is 4.48. The van der Waals surface area contributed by atoms with E-state index < -0.39 is 5.97 Å². The SMILES string of the molecule is COC(=O)c1ccc(N/C=C(/C#N)C(=O)N(C)C2CCCCC2)cc1. The first-order valence-corrected chi connectivity index (χ1v) is 8.39. The van der Waals surface area contributed by atoms with Crippen LogP contribution in [0.25, 0.3) is 0 Å². The zero-order valence-corrected chi connectivity index (χ0v) is 14.6. The van der Waals surface area contributed by atoms with Crippen molar-refractivity contribution in [2.24, 2.45) is 0 Å². The standard InChI is InChI=1S/C19H23N3O3/c1-22(17-6-4-3-5-7-17)18(23)15(12-20)13-21-16-10-8-14(9-11-16)19(24)25-2/h8-11,13,17,21H,3-7H2,1-2H3/b15-13-. The van der Waals surface area contributed by atoms with E-state index in [1.165, 1.54) is 19.7 Å². The van der Waals surface area contributed by atoms with E-state index in [1.807, 2.05) is 6.07 Å². The van der Waals surface area contributed by atoms with Gasteiger partial charge in [0.15, 0.2) is 0 Å². The lowest BCUT2D eigenvalue weighted by atomic mass is 9.94. The fourth-order valence-corrected chi connectivity index (χ4v) is 2.94. The van der Waals surface area contributed by atoms with Gasteiger partial charge in [0.25, 0.3) is 5.91 Å². The Labute approximate surface area is 148 Å². The zero-order chi connectivity index (χ0) is 18.2. The van der Waals surface area contributed by atoms with Crippen molar-refractivity contribution >= 4 is 17.6 Å². The molecule has 1 fully saturated rings. The molecule has 0 aromatic heterocycles. The molecular weight excluding hydrogens is 318 g/mol. The summed E-state index contributed by atoms with van der Waals surface area (Å²) < 4.78 is 4.64. The summed E-state index contributed by atoms with van der Waals surface area (Å²) in [5.74, 6) is -0.683. The summed E-state index contributed by atoms with van der Waals surface area (Å²) in [5.41, 5.74) is 1.17. The Bertz CT molecular complexity index is 683. The number of ether oxygens (including phenoxy) is 1. The molecule has 6 heteroatoms. The summed E-state index contributed by atoms with van der Waals surface area (Å²) in [7, 11) is 3.08. The number of nitrogens with zero attached hydrogens (tertiary/aromatic N) is 2. The van der Waals surface area contributed by atoms with Crippen LogP contribution in [0.3, 0.4) is 0 Å². The highest BCUT2D eigenvalue weighted by atomic mass is 16.5. The average Bonchev–Trinajstić information content (AvgIpc) is 2.68. The second kappa shape index (κ2) is 8.88. The van der Waals surface area contributed by atoms with Crippen molar-refractivity contribution in [1.82, 2.24) is 4.90 Å². The molecule has 1 saturated carbocycles. The van der Waals surface area contributed by atoms with Gasteiger partial charge < -0.3 is 15.0 Å². The van der Waals surface area contributed by atoms with Crippen molar-refractivity contribution in [1.29, 1.82) is 5.26 Å². The highest BCUT2D eigenvalue weighted by Gasteiger charge is 2.24. The first kappa shape index (κ1) is 18.5. The number of hydrogen-bond donors (Lipinski definition) is 1. The molecule has 1 aromatic carbocycles. The molecule has 6 nitrogen and oxygen atoms in total. The van der Waals surface area contributed by atoms with Crippen LogP contribution >= 0.6 is 0 Å². The molecule has 0 unspecified atom stereocenters. The van der Waals surface area contributed by atoms with Gasteiger partial charge in [-0.2, -0.15) is 5.26 Å². The number of likely N-dealkylation sites (N-methyl/N-ethyl adjacent to an activating group) is 1. The maximum Gasteiger partial charge on any atom is 0.337 e. The molecule has 0 atom stereocenters. The summed E-state index contributed by atoms with van der Waals surface area (Å²) in [4.78, 5) is 25.6. The Morgan fingerprint density at radius 2 is 1.88 bits per heavy atom. The van der Waals surface area contributed by atoms with E-state index in [0.717, 1.165) is 25.7 Å². The molecule has 0 spiro atoms. The number of nitrogens with one attached hydrogen (secondary N) is 1. The molecule has 25 heavy (non-hydrogen) atoms. The van der Waals surface area contributed by atoms with Crippen molar-refractivity contribution < 1.29 is 14.3 Å². The van der Waals surface area contributed by atoms with E-state index >= 15 is 0 Å². The molecular formula is C19H23N3O3. The van der Waals surface area contributed by atoms with Gasteiger partial charge in [0, 0.05) is 25.0 Å². The van der Waals surface area contributed by atoms with Crippen LogP contribution in [0.1, 0.15) is 42.5 Å². The van der Waals surface area contributed by atoms with Crippen LogP contribution in [0.4, 0.5) is 5.69 Å². The number of benzene rings is 1. The van der Waals surface area contributed by atoms with Gasteiger partial charge in [0.2, 0.25) is 0 Å². The lowest BCUT2D eigenvalue weighted by Gasteiger charge is -2.31. The number of carbonyl (C=O) groups is 2. The van der Waals surface area contributed by atoms with Crippen LogP contribution < -0.4 is 5.32 Å². The molecule has 2 rings (SSSR count). The van der Waals surface area contributed by atoms with Gasteiger partial charge in [-0.25, -0.2) is 4.79 Å². The molecule has 1 aliphatic rings. The zero-order valence-electron chi connectivity index (χ0n) is 14.6. The van der Waals surface area contributed by atoms with Crippen molar-refractivity contribution in [2.45, 2.75) is 38.1 Å². The van der Waals surface area contributed by atoms with E-state index in [0.29, 0.717) is 11.3 Å². The lowest BCUT2D eigenvalue weighted by Crippen LogP contribution is -2.39. The van der Waals surface area contributed by atoms with Gasteiger partial charge in [-0.15, -0.1) is 0 Å². The largest absolute Gasteiger partial charge is 0.465 e. The lowest BCUT2D eigenvalue weighted by molar-refractivity contribution is -0.128. The molecule has 0 saturated heterocycles. The van der Waals surface area contributed by atoms with Crippen LogP contribution in [0, 0.1) is 11.3 Å². The highest BCUT2D eigenvalue weighted by molar-refractivity contribution is 5.97. The van der Waals surface area contributed by atoms with E-state index in [4.69, 9.17) is 0 Å². The molecule has 1 aromatic rings. The predicted molar refractivity (Wildman–Crippen MR) is 94.7 cm³/mol. The van der Waals surface area contributed by atoms with E-state index in [-0.39, 0.29) is 17.5 Å². The number of esters is 1. The monoisotopic (exact) mass is 341 g/mol. The Balaban J connectivity index is 2.02. The van der Waals surface area contributed by atoms with Gasteiger partial charge in [-0.1, -0.05) is 19.3 Å². The van der Waals surface area contributed by atoms with Crippen LogP contribution in [-0.4, -0.2) is 37.0 Å². The maximum absolute atomic E-state index is 12.5. The Morgan fingerprint density at radius 3 is 2.44 bits per heavy atom. The van der Waals surface area contributed by atoms with Crippen molar-refractivity contribution in [2.75, 3.05) is 19.5 Å².